The number of hydrogen-bond donors (Lipinski definition) is 0. The van der Waals surface area contributed by atoms with Crippen LogP contribution in [0.3, 0.4) is 0 Å². The molecule has 0 saturated carbocycles. The van der Waals surface area contributed by atoms with Gasteiger partial charge in [-0.15, -0.1) is 0 Å². The topological polar surface area (TPSA) is 0 Å². The molecule has 10 heavy (non-hydrogen) atoms. The van der Waals surface area contributed by atoms with Gasteiger partial charge >= 0.3 is 0 Å². The molecule has 0 nitrogen and oxygen atoms in total. The van der Waals surface area contributed by atoms with Crippen LogP contribution < -0.4 is 0 Å². The molecule has 0 aromatic rings. The molecule has 1 radical (unpaired) electrons. The SMILES string of the molecule is CCCCCCCC(C)[SiH2]. The summed E-state index contributed by atoms with van der Waals surface area (Å²) in [5.74, 6) is 0. The Morgan fingerprint density at radius 2 is 1.70 bits per heavy atom. The summed E-state index contributed by atoms with van der Waals surface area (Å²) in [5, 5.41) is 0. The smallest absolute Gasteiger partial charge is 0.0118 e. The Bertz CT molecular complexity index is 59.7. The van der Waals surface area contributed by atoms with E-state index in [1.807, 2.05) is 0 Å². The zero-order valence-corrected chi connectivity index (χ0v) is 8.94. The van der Waals surface area contributed by atoms with Crippen molar-refractivity contribution >= 4 is 10.2 Å². The van der Waals surface area contributed by atoms with E-state index in [9.17, 15) is 0 Å². The molecule has 1 atom stereocenters. The van der Waals surface area contributed by atoms with Crippen LogP contribution in [0.15, 0.2) is 0 Å². The van der Waals surface area contributed by atoms with Gasteiger partial charge in [-0.1, -0.05) is 57.9 Å². The summed E-state index contributed by atoms with van der Waals surface area (Å²) in [4.78, 5) is 0. The van der Waals surface area contributed by atoms with Gasteiger partial charge in [0.05, 0.1) is 0 Å². The van der Waals surface area contributed by atoms with Crippen molar-refractivity contribution in [3.8, 4) is 0 Å². The van der Waals surface area contributed by atoms with E-state index in [-0.39, 0.29) is 0 Å². The zero-order valence-electron chi connectivity index (χ0n) is 7.53. The van der Waals surface area contributed by atoms with Crippen molar-refractivity contribution in [3.05, 3.63) is 0 Å². The van der Waals surface area contributed by atoms with Gasteiger partial charge in [-0.3, -0.25) is 0 Å². The number of hydrogen-bond acceptors (Lipinski definition) is 0. The van der Waals surface area contributed by atoms with Crippen LogP contribution in [0.2, 0.25) is 5.54 Å². The van der Waals surface area contributed by atoms with Gasteiger partial charge in [0.15, 0.2) is 0 Å². The molecule has 61 valence electrons. The molecular formula is C9H21Si. The van der Waals surface area contributed by atoms with Gasteiger partial charge in [-0.05, 0) is 0 Å². The molecular weight excluding hydrogens is 136 g/mol. The van der Waals surface area contributed by atoms with E-state index in [4.69, 9.17) is 0 Å². The summed E-state index contributed by atoms with van der Waals surface area (Å²) in [6, 6.07) is 0. The van der Waals surface area contributed by atoms with Crippen molar-refractivity contribution in [1.82, 2.24) is 0 Å². The molecule has 1 heteroatoms. The lowest BCUT2D eigenvalue weighted by Gasteiger charge is -2.02. The van der Waals surface area contributed by atoms with Crippen LogP contribution in [-0.4, -0.2) is 10.2 Å². The first-order valence-electron chi connectivity index (χ1n) is 4.60. The quantitative estimate of drug-likeness (QED) is 0.411. The van der Waals surface area contributed by atoms with Crippen LogP contribution in [0, 0.1) is 0 Å². The van der Waals surface area contributed by atoms with Crippen molar-refractivity contribution in [2.45, 2.75) is 57.9 Å². The van der Waals surface area contributed by atoms with Crippen molar-refractivity contribution in [1.29, 1.82) is 0 Å². The molecule has 0 aliphatic heterocycles. The Kier molecular flexibility index (Phi) is 7.48. The van der Waals surface area contributed by atoms with Gasteiger partial charge < -0.3 is 0 Å². The van der Waals surface area contributed by atoms with Gasteiger partial charge in [-0.25, -0.2) is 0 Å². The summed E-state index contributed by atoms with van der Waals surface area (Å²) >= 11 is 0. The van der Waals surface area contributed by atoms with Crippen LogP contribution in [-0.2, 0) is 0 Å². The largest absolute Gasteiger partial charge is 0.0657 e. The maximum Gasteiger partial charge on any atom is 0.0118 e. The lowest BCUT2D eigenvalue weighted by molar-refractivity contribution is 0.602. The molecule has 0 rings (SSSR count). The van der Waals surface area contributed by atoms with Gasteiger partial charge in [0.25, 0.3) is 0 Å². The standard InChI is InChI=1S/C9H21Si/c1-3-4-5-6-7-8-9(2)10/h9H,3-8,10H2,1-2H3. The lowest BCUT2D eigenvalue weighted by atomic mass is 10.1. The minimum absolute atomic E-state index is 0.932. The van der Waals surface area contributed by atoms with Gasteiger partial charge in [0.1, 0.15) is 0 Å². The Balaban J connectivity index is 2.77. The van der Waals surface area contributed by atoms with Crippen LogP contribution >= 0.6 is 0 Å². The Morgan fingerprint density at radius 1 is 1.10 bits per heavy atom. The molecule has 0 saturated heterocycles. The second-order valence-electron chi connectivity index (χ2n) is 3.31. The van der Waals surface area contributed by atoms with E-state index in [1.54, 1.807) is 0 Å². The highest BCUT2D eigenvalue weighted by Crippen LogP contribution is 2.11. The Labute approximate surface area is 68.8 Å². The number of rotatable bonds is 6. The fraction of sp³-hybridized carbons (Fsp3) is 1.00. The molecule has 0 heterocycles. The van der Waals surface area contributed by atoms with E-state index in [2.05, 4.69) is 24.1 Å². The minimum Gasteiger partial charge on any atom is -0.0657 e. The number of unbranched alkanes of at least 4 members (excludes halogenated alkanes) is 4. The molecule has 0 bridgehead atoms. The summed E-state index contributed by atoms with van der Waals surface area (Å²) in [6.07, 6.45) is 8.58. The molecule has 0 fully saturated rings. The van der Waals surface area contributed by atoms with E-state index in [0.29, 0.717) is 0 Å². The molecule has 0 spiro atoms. The maximum atomic E-state index is 2.32. The zero-order chi connectivity index (χ0) is 7.82. The minimum atomic E-state index is 0.932. The highest BCUT2D eigenvalue weighted by molar-refractivity contribution is 6.11. The Hall–Kier alpha value is 0.217. The average Bonchev–Trinajstić information content (AvgIpc) is 1.87. The van der Waals surface area contributed by atoms with E-state index < -0.39 is 0 Å². The third-order valence-electron chi connectivity index (χ3n) is 1.80. The van der Waals surface area contributed by atoms with Crippen molar-refractivity contribution in [2.75, 3.05) is 0 Å². The summed E-state index contributed by atoms with van der Waals surface area (Å²) < 4.78 is 0. The van der Waals surface area contributed by atoms with Crippen molar-refractivity contribution < 1.29 is 0 Å². The van der Waals surface area contributed by atoms with Gasteiger partial charge in [0.2, 0.25) is 0 Å². The average molecular weight is 157 g/mol. The predicted octanol–water partition coefficient (Wildman–Crippen LogP) is 2.79. The fourth-order valence-corrected chi connectivity index (χ4v) is 1.39. The highest BCUT2D eigenvalue weighted by Gasteiger charge is 1.92. The summed E-state index contributed by atoms with van der Waals surface area (Å²) in [5.41, 5.74) is 0.932. The normalized spacial score (nSPS) is 13.5. The lowest BCUT2D eigenvalue weighted by Crippen LogP contribution is -1.85. The molecule has 0 aliphatic carbocycles. The maximum absolute atomic E-state index is 2.32. The van der Waals surface area contributed by atoms with Crippen LogP contribution in [0.1, 0.15) is 52.4 Å². The third kappa shape index (κ3) is 8.22. The molecule has 0 amide bonds. The van der Waals surface area contributed by atoms with Crippen LogP contribution in [0.25, 0.3) is 0 Å². The predicted molar refractivity (Wildman–Crippen MR) is 51.3 cm³/mol. The van der Waals surface area contributed by atoms with Crippen LogP contribution in [0.5, 0.6) is 0 Å². The first kappa shape index (κ1) is 10.2. The Morgan fingerprint density at radius 3 is 2.20 bits per heavy atom. The van der Waals surface area contributed by atoms with Crippen molar-refractivity contribution in [3.63, 3.8) is 0 Å². The first-order valence-corrected chi connectivity index (χ1v) is 5.42. The van der Waals surface area contributed by atoms with Gasteiger partial charge in [-0.2, -0.15) is 0 Å². The van der Waals surface area contributed by atoms with Crippen molar-refractivity contribution in [2.24, 2.45) is 0 Å². The molecule has 0 N–H and O–H groups in total. The molecule has 0 aliphatic rings. The van der Waals surface area contributed by atoms with Gasteiger partial charge in [0, 0.05) is 10.2 Å². The van der Waals surface area contributed by atoms with E-state index in [1.165, 1.54) is 38.5 Å². The van der Waals surface area contributed by atoms with Crippen LogP contribution in [0.4, 0.5) is 0 Å². The second kappa shape index (κ2) is 7.33. The van der Waals surface area contributed by atoms with E-state index in [0.717, 1.165) is 5.54 Å². The third-order valence-corrected chi connectivity index (χ3v) is 2.21. The molecule has 0 aromatic carbocycles. The molecule has 1 unspecified atom stereocenters. The monoisotopic (exact) mass is 157 g/mol. The summed E-state index contributed by atoms with van der Waals surface area (Å²) in [7, 11) is 2.12. The summed E-state index contributed by atoms with van der Waals surface area (Å²) in [6.45, 7) is 4.59. The molecule has 0 aromatic heterocycles. The first-order chi connectivity index (χ1) is 4.77. The fourth-order valence-electron chi connectivity index (χ4n) is 1.10. The second-order valence-corrected chi connectivity index (χ2v) is 4.70. The van der Waals surface area contributed by atoms with E-state index >= 15 is 0 Å². The highest BCUT2D eigenvalue weighted by atomic mass is 28.1.